The summed E-state index contributed by atoms with van der Waals surface area (Å²) in [6.07, 6.45) is 0.409. The number of hydrogen-bond acceptors (Lipinski definition) is 6. The number of amides is 1. The van der Waals surface area contributed by atoms with E-state index in [9.17, 15) is 9.59 Å². The molecule has 0 bridgehead atoms. The number of ether oxygens (including phenoxy) is 1. The number of hydrogen-bond donors (Lipinski definition) is 1. The Morgan fingerprint density at radius 1 is 1.50 bits per heavy atom. The first kappa shape index (κ1) is 12.2. The van der Waals surface area contributed by atoms with E-state index in [1.54, 1.807) is 6.92 Å². The minimum atomic E-state index is -0.393. The predicted molar refractivity (Wildman–Crippen MR) is 52.6 cm³/mol. The molecule has 7 heteroatoms. The normalized spacial score (nSPS) is 9.88. The first-order chi connectivity index (χ1) is 7.67. The number of nitrogens with one attached hydrogen (secondary N) is 1. The predicted octanol–water partition coefficient (Wildman–Crippen LogP) is -0.0751. The maximum Gasteiger partial charge on any atom is 0.306 e. The Labute approximate surface area is 92.2 Å². The third-order valence-electron chi connectivity index (χ3n) is 1.78. The zero-order chi connectivity index (χ0) is 12.0. The second kappa shape index (κ2) is 5.84. The van der Waals surface area contributed by atoms with Crippen LogP contribution in [0.2, 0.25) is 0 Å². The monoisotopic (exact) mass is 227 g/mol. The van der Waals surface area contributed by atoms with Crippen LogP contribution in [0.15, 0.2) is 4.52 Å². The molecule has 7 nitrogen and oxygen atoms in total. The Morgan fingerprint density at radius 2 is 2.25 bits per heavy atom. The fourth-order valence-corrected chi connectivity index (χ4v) is 0.999. The summed E-state index contributed by atoms with van der Waals surface area (Å²) in [5.41, 5.74) is 0. The Bertz CT molecular complexity index is 375. The van der Waals surface area contributed by atoms with Crippen molar-refractivity contribution in [2.75, 3.05) is 13.7 Å². The van der Waals surface area contributed by atoms with E-state index in [0.29, 0.717) is 6.54 Å². The van der Waals surface area contributed by atoms with Gasteiger partial charge in [-0.15, -0.1) is 0 Å². The SMILES string of the molecule is CCNC(=O)c1noc(CCC(=O)OC)n1. The fourth-order valence-electron chi connectivity index (χ4n) is 0.999. The molecule has 0 aromatic carbocycles. The molecule has 88 valence electrons. The van der Waals surface area contributed by atoms with Crippen molar-refractivity contribution >= 4 is 11.9 Å². The molecule has 1 aromatic heterocycles. The molecule has 1 amide bonds. The number of methoxy groups -OCH3 is 1. The molecule has 0 saturated carbocycles. The van der Waals surface area contributed by atoms with Crippen LogP contribution in [-0.2, 0) is 16.0 Å². The van der Waals surface area contributed by atoms with Gasteiger partial charge < -0.3 is 14.6 Å². The number of carbonyl (C=O) groups is 2. The summed E-state index contributed by atoms with van der Waals surface area (Å²) < 4.78 is 9.25. The Balaban J connectivity index is 2.51. The van der Waals surface area contributed by atoms with Gasteiger partial charge in [-0.25, -0.2) is 0 Å². The average molecular weight is 227 g/mol. The molecule has 1 rings (SSSR count). The summed E-state index contributed by atoms with van der Waals surface area (Å²) in [4.78, 5) is 25.9. The molecule has 0 aliphatic heterocycles. The molecule has 0 fully saturated rings. The molecule has 16 heavy (non-hydrogen) atoms. The van der Waals surface area contributed by atoms with Crippen LogP contribution in [0.25, 0.3) is 0 Å². The van der Waals surface area contributed by atoms with Crippen LogP contribution in [0.3, 0.4) is 0 Å². The van der Waals surface area contributed by atoms with Gasteiger partial charge in [0, 0.05) is 13.0 Å². The molecule has 0 aliphatic carbocycles. The van der Waals surface area contributed by atoms with Crippen molar-refractivity contribution in [1.29, 1.82) is 0 Å². The average Bonchev–Trinajstić information content (AvgIpc) is 2.75. The van der Waals surface area contributed by atoms with Gasteiger partial charge in [-0.05, 0) is 6.92 Å². The minimum absolute atomic E-state index is 0.0262. The summed E-state index contributed by atoms with van der Waals surface area (Å²) in [5, 5.41) is 6.02. The lowest BCUT2D eigenvalue weighted by Crippen LogP contribution is -2.23. The van der Waals surface area contributed by atoms with Crippen LogP contribution in [-0.4, -0.2) is 35.7 Å². The molecule has 0 aliphatic rings. The fraction of sp³-hybridized carbons (Fsp3) is 0.556. The number of aromatic nitrogens is 2. The molecular formula is C9H13N3O4. The molecule has 0 radical (unpaired) electrons. The second-order valence-electron chi connectivity index (χ2n) is 2.95. The van der Waals surface area contributed by atoms with Gasteiger partial charge in [-0.2, -0.15) is 4.98 Å². The highest BCUT2D eigenvalue weighted by Crippen LogP contribution is 2.01. The highest BCUT2D eigenvalue weighted by molar-refractivity contribution is 5.90. The molecular weight excluding hydrogens is 214 g/mol. The van der Waals surface area contributed by atoms with Crippen molar-refractivity contribution in [2.24, 2.45) is 0 Å². The standard InChI is InChI=1S/C9H13N3O4/c1-3-10-9(14)8-11-6(16-12-8)4-5-7(13)15-2/h3-5H2,1-2H3,(H,10,14). The largest absolute Gasteiger partial charge is 0.469 e. The van der Waals surface area contributed by atoms with Crippen molar-refractivity contribution in [1.82, 2.24) is 15.5 Å². The van der Waals surface area contributed by atoms with Crippen LogP contribution in [0.5, 0.6) is 0 Å². The number of rotatable bonds is 5. The molecule has 0 spiro atoms. The summed E-state index contributed by atoms with van der Waals surface area (Å²) in [7, 11) is 1.30. The smallest absolute Gasteiger partial charge is 0.306 e. The van der Waals surface area contributed by atoms with Crippen molar-refractivity contribution in [2.45, 2.75) is 19.8 Å². The molecule has 0 atom stereocenters. The minimum Gasteiger partial charge on any atom is -0.469 e. The lowest BCUT2D eigenvalue weighted by molar-refractivity contribution is -0.140. The van der Waals surface area contributed by atoms with Crippen LogP contribution < -0.4 is 5.32 Å². The van der Waals surface area contributed by atoms with E-state index in [1.807, 2.05) is 0 Å². The third-order valence-corrected chi connectivity index (χ3v) is 1.78. The van der Waals surface area contributed by atoms with Gasteiger partial charge in [0.1, 0.15) is 0 Å². The lowest BCUT2D eigenvalue weighted by atomic mass is 10.3. The van der Waals surface area contributed by atoms with Crippen LogP contribution in [0.4, 0.5) is 0 Å². The van der Waals surface area contributed by atoms with E-state index in [-0.39, 0.29) is 30.5 Å². The molecule has 0 unspecified atom stereocenters. The summed E-state index contributed by atoms with van der Waals surface area (Å²) in [5.74, 6) is -0.540. The molecule has 1 heterocycles. The quantitative estimate of drug-likeness (QED) is 0.707. The topological polar surface area (TPSA) is 94.3 Å². The van der Waals surface area contributed by atoms with E-state index < -0.39 is 5.91 Å². The highest BCUT2D eigenvalue weighted by Gasteiger charge is 2.14. The van der Waals surface area contributed by atoms with E-state index in [4.69, 9.17) is 4.52 Å². The molecule has 0 saturated heterocycles. The highest BCUT2D eigenvalue weighted by atomic mass is 16.5. The van der Waals surface area contributed by atoms with Gasteiger partial charge in [0.2, 0.25) is 5.89 Å². The van der Waals surface area contributed by atoms with Crippen LogP contribution in [0.1, 0.15) is 29.9 Å². The van der Waals surface area contributed by atoms with Gasteiger partial charge in [0.25, 0.3) is 11.7 Å². The maximum atomic E-state index is 11.3. The lowest BCUT2D eigenvalue weighted by Gasteiger charge is -1.94. The molecule has 1 N–H and O–H groups in total. The number of carbonyl (C=O) groups excluding carboxylic acids is 2. The van der Waals surface area contributed by atoms with E-state index in [0.717, 1.165) is 0 Å². The maximum absolute atomic E-state index is 11.3. The van der Waals surface area contributed by atoms with Crippen LogP contribution >= 0.6 is 0 Å². The van der Waals surface area contributed by atoms with Crippen LogP contribution in [0, 0.1) is 0 Å². The summed E-state index contributed by atoms with van der Waals surface area (Å²) in [6.45, 7) is 2.28. The Morgan fingerprint density at radius 3 is 2.88 bits per heavy atom. The summed E-state index contributed by atoms with van der Waals surface area (Å²) in [6, 6.07) is 0. The molecule has 1 aromatic rings. The number of nitrogens with zero attached hydrogens (tertiary/aromatic N) is 2. The number of esters is 1. The zero-order valence-corrected chi connectivity index (χ0v) is 9.15. The van der Waals surface area contributed by atoms with E-state index >= 15 is 0 Å². The zero-order valence-electron chi connectivity index (χ0n) is 9.15. The van der Waals surface area contributed by atoms with Crippen molar-refractivity contribution < 1.29 is 18.8 Å². The Kier molecular flexibility index (Phi) is 4.43. The van der Waals surface area contributed by atoms with Gasteiger partial charge in [0.05, 0.1) is 13.5 Å². The van der Waals surface area contributed by atoms with E-state index in [2.05, 4.69) is 20.2 Å². The summed E-state index contributed by atoms with van der Waals surface area (Å²) >= 11 is 0. The number of aryl methyl sites for hydroxylation is 1. The van der Waals surface area contributed by atoms with Gasteiger partial charge in [-0.3, -0.25) is 9.59 Å². The third kappa shape index (κ3) is 3.34. The van der Waals surface area contributed by atoms with Crippen molar-refractivity contribution in [3.8, 4) is 0 Å². The first-order valence-corrected chi connectivity index (χ1v) is 4.85. The van der Waals surface area contributed by atoms with Crippen molar-refractivity contribution in [3.05, 3.63) is 11.7 Å². The van der Waals surface area contributed by atoms with Crippen molar-refractivity contribution in [3.63, 3.8) is 0 Å². The van der Waals surface area contributed by atoms with Gasteiger partial charge in [0.15, 0.2) is 0 Å². The second-order valence-corrected chi connectivity index (χ2v) is 2.95. The van der Waals surface area contributed by atoms with Gasteiger partial charge >= 0.3 is 5.97 Å². The Hall–Kier alpha value is -1.92. The van der Waals surface area contributed by atoms with Gasteiger partial charge in [-0.1, -0.05) is 5.16 Å². The van der Waals surface area contributed by atoms with E-state index in [1.165, 1.54) is 7.11 Å². The first-order valence-electron chi connectivity index (χ1n) is 4.85.